The zero-order valence-electron chi connectivity index (χ0n) is 20.9. The molecule has 2 aliphatic rings. The summed E-state index contributed by atoms with van der Waals surface area (Å²) in [5.74, 6) is -0.440. The van der Waals surface area contributed by atoms with Crippen LogP contribution in [0, 0.1) is 5.92 Å². The van der Waals surface area contributed by atoms with E-state index in [0.717, 1.165) is 19.6 Å². The van der Waals surface area contributed by atoms with Crippen molar-refractivity contribution in [3.05, 3.63) is 65.2 Å². The Kier molecular flexibility index (Phi) is 8.28. The fourth-order valence-corrected chi connectivity index (χ4v) is 4.53. The highest BCUT2D eigenvalue weighted by Gasteiger charge is 2.45. The quantitative estimate of drug-likeness (QED) is 0.312. The fourth-order valence-electron chi connectivity index (χ4n) is 4.53. The number of rotatable bonds is 9. The molecule has 0 bridgehead atoms. The van der Waals surface area contributed by atoms with Gasteiger partial charge < -0.3 is 24.6 Å². The van der Waals surface area contributed by atoms with Crippen molar-refractivity contribution in [1.29, 1.82) is 0 Å². The summed E-state index contributed by atoms with van der Waals surface area (Å²) in [6.45, 7) is 8.92. The van der Waals surface area contributed by atoms with E-state index in [0.29, 0.717) is 55.6 Å². The van der Waals surface area contributed by atoms with Gasteiger partial charge in [0.15, 0.2) is 0 Å². The third-order valence-corrected chi connectivity index (χ3v) is 6.44. The molecule has 0 saturated carbocycles. The normalized spacial score (nSPS) is 20.3. The van der Waals surface area contributed by atoms with E-state index in [9.17, 15) is 19.8 Å². The Labute approximate surface area is 211 Å². The highest BCUT2D eigenvalue weighted by atomic mass is 16.5. The van der Waals surface area contributed by atoms with Gasteiger partial charge in [0.2, 0.25) is 0 Å². The molecule has 8 heteroatoms. The summed E-state index contributed by atoms with van der Waals surface area (Å²) in [6, 6.07) is 12.5. The van der Waals surface area contributed by atoms with Crippen LogP contribution in [0.3, 0.4) is 0 Å². The minimum Gasteiger partial charge on any atom is -0.508 e. The van der Waals surface area contributed by atoms with Gasteiger partial charge in [-0.15, -0.1) is 0 Å². The molecule has 192 valence electrons. The second kappa shape index (κ2) is 11.6. The van der Waals surface area contributed by atoms with Crippen molar-refractivity contribution in [3.8, 4) is 11.5 Å². The van der Waals surface area contributed by atoms with Gasteiger partial charge in [0.25, 0.3) is 11.7 Å². The lowest BCUT2D eigenvalue weighted by Crippen LogP contribution is -2.38. The van der Waals surface area contributed by atoms with Crippen LogP contribution in [0.25, 0.3) is 5.76 Å². The summed E-state index contributed by atoms with van der Waals surface area (Å²) < 4.78 is 11.1. The largest absolute Gasteiger partial charge is 0.508 e. The average Bonchev–Trinajstić information content (AvgIpc) is 3.13. The lowest BCUT2D eigenvalue weighted by Gasteiger charge is -2.29. The Balaban J connectivity index is 1.61. The number of amides is 1. The smallest absolute Gasteiger partial charge is 0.295 e. The fraction of sp³-hybridized carbons (Fsp3) is 0.429. The second-order valence-electron chi connectivity index (χ2n) is 9.62. The van der Waals surface area contributed by atoms with Crippen LogP contribution in [0.2, 0.25) is 0 Å². The number of aromatic hydroxyl groups is 1. The summed E-state index contributed by atoms with van der Waals surface area (Å²) >= 11 is 0. The summed E-state index contributed by atoms with van der Waals surface area (Å²) in [6.07, 6.45) is 0.684. The van der Waals surface area contributed by atoms with Gasteiger partial charge in [0, 0.05) is 31.7 Å². The number of hydrogen-bond donors (Lipinski definition) is 2. The molecule has 0 radical (unpaired) electrons. The van der Waals surface area contributed by atoms with E-state index in [1.54, 1.807) is 36.4 Å². The number of benzene rings is 2. The van der Waals surface area contributed by atoms with E-state index in [-0.39, 0.29) is 17.1 Å². The molecule has 1 amide bonds. The minimum atomic E-state index is -0.743. The molecule has 2 aliphatic heterocycles. The SMILES string of the molecule is CC(C)COc1ccc(C(O)=C2C(=O)C(=O)N(CCCN3CCOCC3)[C@@H]2c2ccc(O)cc2)cc1. The number of Topliss-reactive ketones (excluding diaryl/α,β-unsaturated/α-hetero) is 1. The summed E-state index contributed by atoms with van der Waals surface area (Å²) in [4.78, 5) is 30.1. The molecule has 1 atom stereocenters. The molecule has 2 fully saturated rings. The van der Waals surface area contributed by atoms with Gasteiger partial charge >= 0.3 is 0 Å². The van der Waals surface area contributed by atoms with Gasteiger partial charge in [-0.05, 0) is 54.3 Å². The van der Waals surface area contributed by atoms with Gasteiger partial charge in [0.1, 0.15) is 17.3 Å². The topological polar surface area (TPSA) is 99.5 Å². The maximum Gasteiger partial charge on any atom is 0.295 e. The number of aliphatic hydroxyl groups is 1. The standard InChI is InChI=1S/C28H34N2O6/c1-19(2)18-36-23-10-6-21(7-11-23)26(32)24-25(20-4-8-22(31)9-5-20)30(28(34)27(24)33)13-3-12-29-14-16-35-17-15-29/h4-11,19,25,31-32H,3,12-18H2,1-2H3/t25-/m1/s1. The molecule has 36 heavy (non-hydrogen) atoms. The second-order valence-corrected chi connectivity index (χ2v) is 9.62. The van der Waals surface area contributed by atoms with Gasteiger partial charge in [-0.1, -0.05) is 26.0 Å². The van der Waals surface area contributed by atoms with Crippen molar-refractivity contribution in [1.82, 2.24) is 9.80 Å². The van der Waals surface area contributed by atoms with Crippen LogP contribution in [0.1, 0.15) is 37.4 Å². The van der Waals surface area contributed by atoms with E-state index in [1.165, 1.54) is 17.0 Å². The number of hydrogen-bond acceptors (Lipinski definition) is 7. The Morgan fingerprint density at radius 2 is 1.69 bits per heavy atom. The molecule has 0 aromatic heterocycles. The molecule has 0 spiro atoms. The van der Waals surface area contributed by atoms with E-state index < -0.39 is 17.7 Å². The first-order valence-electron chi connectivity index (χ1n) is 12.5. The molecule has 0 unspecified atom stereocenters. The number of carbonyl (C=O) groups is 2. The van der Waals surface area contributed by atoms with E-state index >= 15 is 0 Å². The van der Waals surface area contributed by atoms with Crippen LogP contribution in [-0.4, -0.2) is 77.7 Å². The molecular weight excluding hydrogens is 460 g/mol. The summed E-state index contributed by atoms with van der Waals surface area (Å²) in [5.41, 5.74) is 1.13. The van der Waals surface area contributed by atoms with E-state index in [2.05, 4.69) is 18.7 Å². The predicted octanol–water partition coefficient (Wildman–Crippen LogP) is 3.57. The molecule has 4 rings (SSSR count). The summed E-state index contributed by atoms with van der Waals surface area (Å²) in [5, 5.41) is 21.0. The highest BCUT2D eigenvalue weighted by Crippen LogP contribution is 2.40. The number of ketones is 1. The highest BCUT2D eigenvalue weighted by molar-refractivity contribution is 6.46. The molecule has 2 aromatic rings. The van der Waals surface area contributed by atoms with Crippen molar-refractivity contribution in [2.75, 3.05) is 46.0 Å². The first-order valence-corrected chi connectivity index (χ1v) is 12.5. The van der Waals surface area contributed by atoms with Gasteiger partial charge in [-0.25, -0.2) is 0 Å². The number of phenols is 1. The van der Waals surface area contributed by atoms with Gasteiger partial charge in [-0.2, -0.15) is 0 Å². The maximum atomic E-state index is 13.2. The van der Waals surface area contributed by atoms with Crippen molar-refractivity contribution >= 4 is 17.4 Å². The molecule has 2 saturated heterocycles. The van der Waals surface area contributed by atoms with Crippen molar-refractivity contribution in [3.63, 3.8) is 0 Å². The van der Waals surface area contributed by atoms with Crippen LogP contribution < -0.4 is 4.74 Å². The lowest BCUT2D eigenvalue weighted by atomic mass is 9.95. The zero-order chi connectivity index (χ0) is 25.7. The Bertz CT molecular complexity index is 1090. The molecule has 2 heterocycles. The van der Waals surface area contributed by atoms with Crippen LogP contribution >= 0.6 is 0 Å². The van der Waals surface area contributed by atoms with Crippen LogP contribution in [0.4, 0.5) is 0 Å². The molecule has 0 aliphatic carbocycles. The van der Waals surface area contributed by atoms with Gasteiger partial charge in [-0.3, -0.25) is 14.5 Å². The van der Waals surface area contributed by atoms with E-state index in [4.69, 9.17) is 9.47 Å². The number of aliphatic hydroxyl groups excluding tert-OH is 1. The number of nitrogens with zero attached hydrogens (tertiary/aromatic N) is 2. The lowest BCUT2D eigenvalue weighted by molar-refractivity contribution is -0.140. The van der Waals surface area contributed by atoms with Crippen LogP contribution in [0.5, 0.6) is 11.5 Å². The average molecular weight is 495 g/mol. The first-order chi connectivity index (χ1) is 17.3. The third kappa shape index (κ3) is 5.88. The predicted molar refractivity (Wildman–Crippen MR) is 136 cm³/mol. The van der Waals surface area contributed by atoms with Crippen LogP contribution in [-0.2, 0) is 14.3 Å². The molecule has 2 N–H and O–H groups in total. The van der Waals surface area contributed by atoms with E-state index in [1.807, 2.05) is 0 Å². The molecular formula is C28H34N2O6. The number of likely N-dealkylation sites (tertiary alicyclic amines) is 1. The first kappa shape index (κ1) is 25.7. The molecule has 8 nitrogen and oxygen atoms in total. The van der Waals surface area contributed by atoms with Gasteiger partial charge in [0.05, 0.1) is 31.4 Å². The number of morpholine rings is 1. The third-order valence-electron chi connectivity index (χ3n) is 6.44. The Morgan fingerprint density at radius 1 is 1.03 bits per heavy atom. The summed E-state index contributed by atoms with van der Waals surface area (Å²) in [7, 11) is 0. The Hall–Kier alpha value is -3.36. The number of carbonyl (C=O) groups excluding carboxylic acids is 2. The number of phenolic OH excluding ortho intramolecular Hbond substituents is 1. The minimum absolute atomic E-state index is 0.0490. The molecule has 2 aromatic carbocycles. The van der Waals surface area contributed by atoms with Crippen molar-refractivity contribution in [2.45, 2.75) is 26.3 Å². The van der Waals surface area contributed by atoms with Crippen LogP contribution in [0.15, 0.2) is 54.1 Å². The number of ether oxygens (including phenoxy) is 2. The van der Waals surface area contributed by atoms with Crippen molar-refractivity contribution < 1.29 is 29.3 Å². The Morgan fingerprint density at radius 3 is 2.33 bits per heavy atom. The monoisotopic (exact) mass is 494 g/mol. The van der Waals surface area contributed by atoms with Crippen molar-refractivity contribution in [2.24, 2.45) is 5.92 Å². The maximum absolute atomic E-state index is 13.2. The zero-order valence-corrected chi connectivity index (χ0v) is 20.9.